The van der Waals surface area contributed by atoms with Crippen LogP contribution >= 0.6 is 11.6 Å². The highest BCUT2D eigenvalue weighted by molar-refractivity contribution is 7.90. The molecule has 0 aliphatic carbocycles. The largest absolute Gasteiger partial charge is 0.511 e. The van der Waals surface area contributed by atoms with Crippen molar-refractivity contribution in [3.63, 3.8) is 0 Å². The number of alkyl halides is 3. The van der Waals surface area contributed by atoms with E-state index in [4.69, 9.17) is 11.6 Å². The summed E-state index contributed by atoms with van der Waals surface area (Å²) in [6.45, 7) is -0.472. The summed E-state index contributed by atoms with van der Waals surface area (Å²) in [4.78, 5) is 10.1. The van der Waals surface area contributed by atoms with Gasteiger partial charge in [-0.05, 0) is 18.0 Å². The number of nitrogens with one attached hydrogen (secondary N) is 1. The van der Waals surface area contributed by atoms with Gasteiger partial charge in [0.1, 0.15) is 0 Å². The lowest BCUT2D eigenvalue weighted by atomic mass is 10.3. The molecule has 0 aromatic rings. The van der Waals surface area contributed by atoms with Crippen LogP contribution in [-0.2, 0) is 14.8 Å². The maximum absolute atomic E-state index is 11.7. The molecule has 0 unspecified atom stereocenters. The molecule has 0 radical (unpaired) electrons. The van der Waals surface area contributed by atoms with Crippen molar-refractivity contribution in [2.24, 2.45) is 0 Å². The van der Waals surface area contributed by atoms with Crippen molar-refractivity contribution in [2.75, 3.05) is 6.54 Å². The number of carbonyl (C=O) groups is 1. The molecule has 9 heteroatoms. The van der Waals surface area contributed by atoms with E-state index in [9.17, 15) is 26.4 Å². The molecule has 0 bridgehead atoms. The second-order valence-corrected chi connectivity index (χ2v) is 4.48. The van der Waals surface area contributed by atoms with Gasteiger partial charge in [-0.1, -0.05) is 0 Å². The van der Waals surface area contributed by atoms with Gasteiger partial charge >= 0.3 is 15.5 Å². The van der Waals surface area contributed by atoms with Crippen LogP contribution < -0.4 is 4.72 Å². The Balaban J connectivity index is 3.97. The highest BCUT2D eigenvalue weighted by Crippen LogP contribution is 2.21. The average Bonchev–Trinajstić information content (AvgIpc) is 1.95. The molecule has 0 fully saturated rings. The molecule has 0 aliphatic rings. The predicted molar refractivity (Wildman–Crippen MR) is 43.1 cm³/mol. The van der Waals surface area contributed by atoms with Crippen LogP contribution in [0.25, 0.3) is 0 Å². The lowest BCUT2D eigenvalue weighted by Crippen LogP contribution is -2.37. The Morgan fingerprint density at radius 1 is 1.36 bits per heavy atom. The molecule has 0 rings (SSSR count). The van der Waals surface area contributed by atoms with Gasteiger partial charge < -0.3 is 0 Å². The molecule has 0 amide bonds. The fourth-order valence-electron chi connectivity index (χ4n) is 0.516. The van der Waals surface area contributed by atoms with Crippen LogP contribution in [0, 0.1) is 0 Å². The van der Waals surface area contributed by atoms with E-state index in [0.717, 1.165) is 0 Å². The zero-order valence-corrected chi connectivity index (χ0v) is 8.34. The standard InChI is InChI=1S/C5H7ClF3NO3S/c6-4(11)2-1-3-10-14(12,13)5(7,8)9/h10H,1-3H2. The molecule has 0 aromatic carbocycles. The molecule has 0 saturated carbocycles. The van der Waals surface area contributed by atoms with Gasteiger partial charge in [-0.25, -0.2) is 13.1 Å². The third kappa shape index (κ3) is 4.77. The summed E-state index contributed by atoms with van der Waals surface area (Å²) in [6, 6.07) is 0. The summed E-state index contributed by atoms with van der Waals surface area (Å²) >= 11 is 4.88. The Morgan fingerprint density at radius 2 is 1.86 bits per heavy atom. The van der Waals surface area contributed by atoms with Gasteiger partial charge in [-0.2, -0.15) is 13.2 Å². The Hall–Kier alpha value is -0.340. The average molecular weight is 254 g/mol. The smallest absolute Gasteiger partial charge is 0.281 e. The molecule has 0 saturated heterocycles. The maximum atomic E-state index is 11.7. The van der Waals surface area contributed by atoms with Gasteiger partial charge in [0.2, 0.25) is 5.24 Å². The first-order valence-electron chi connectivity index (χ1n) is 3.41. The van der Waals surface area contributed by atoms with Gasteiger partial charge in [0.15, 0.2) is 0 Å². The number of carbonyl (C=O) groups excluding carboxylic acids is 1. The number of halogens is 4. The Kier molecular flexibility index (Phi) is 4.82. The second-order valence-electron chi connectivity index (χ2n) is 2.30. The summed E-state index contributed by atoms with van der Waals surface area (Å²) in [6.07, 6.45) is -0.250. The van der Waals surface area contributed by atoms with E-state index in [1.165, 1.54) is 4.72 Å². The Labute approximate surface area is 83.5 Å². The number of sulfonamides is 1. The minimum atomic E-state index is -5.32. The van der Waals surface area contributed by atoms with Crippen molar-refractivity contribution in [3.8, 4) is 0 Å². The molecule has 0 aromatic heterocycles. The van der Waals surface area contributed by atoms with Gasteiger partial charge in [-0.3, -0.25) is 4.79 Å². The molecule has 14 heavy (non-hydrogen) atoms. The van der Waals surface area contributed by atoms with Crippen LogP contribution in [0.3, 0.4) is 0 Å². The SMILES string of the molecule is O=C(Cl)CCCNS(=O)(=O)C(F)(F)F. The highest BCUT2D eigenvalue weighted by Gasteiger charge is 2.45. The summed E-state index contributed by atoms with van der Waals surface area (Å²) in [5.74, 6) is 0. The molecule has 4 nitrogen and oxygen atoms in total. The molecule has 0 aliphatic heterocycles. The van der Waals surface area contributed by atoms with E-state index in [0.29, 0.717) is 0 Å². The minimum Gasteiger partial charge on any atom is -0.281 e. The topological polar surface area (TPSA) is 63.2 Å². The molecule has 0 atom stereocenters. The number of rotatable bonds is 5. The van der Waals surface area contributed by atoms with Crippen molar-refractivity contribution in [3.05, 3.63) is 0 Å². The lowest BCUT2D eigenvalue weighted by Gasteiger charge is -2.08. The fourth-order valence-corrected chi connectivity index (χ4v) is 1.23. The minimum absolute atomic E-state index is 0.0718. The van der Waals surface area contributed by atoms with Gasteiger partial charge in [-0.15, -0.1) is 0 Å². The van der Waals surface area contributed by atoms with E-state index in [1.807, 2.05) is 0 Å². The van der Waals surface area contributed by atoms with Crippen LogP contribution in [-0.4, -0.2) is 25.7 Å². The highest BCUT2D eigenvalue weighted by atomic mass is 35.5. The van der Waals surface area contributed by atoms with E-state index in [2.05, 4.69) is 0 Å². The lowest BCUT2D eigenvalue weighted by molar-refractivity contribution is -0.111. The van der Waals surface area contributed by atoms with Crippen LogP contribution in [0.4, 0.5) is 13.2 Å². The first-order valence-corrected chi connectivity index (χ1v) is 5.27. The zero-order valence-electron chi connectivity index (χ0n) is 6.77. The summed E-state index contributed by atoms with van der Waals surface area (Å²) in [7, 11) is -5.30. The molecule has 84 valence electrons. The van der Waals surface area contributed by atoms with Crippen LogP contribution in [0.15, 0.2) is 0 Å². The predicted octanol–water partition coefficient (Wildman–Crippen LogP) is 0.971. The molecular weight excluding hydrogens is 247 g/mol. The third-order valence-electron chi connectivity index (χ3n) is 1.15. The first-order chi connectivity index (χ1) is 6.17. The van der Waals surface area contributed by atoms with Crippen molar-refractivity contribution in [1.29, 1.82) is 0 Å². The third-order valence-corrected chi connectivity index (χ3v) is 2.53. The first kappa shape index (κ1) is 13.7. The normalized spacial score (nSPS) is 12.9. The van der Waals surface area contributed by atoms with E-state index in [-0.39, 0.29) is 12.8 Å². The summed E-state index contributed by atoms with van der Waals surface area (Å²) < 4.78 is 57.0. The number of hydrogen-bond acceptors (Lipinski definition) is 3. The van der Waals surface area contributed by atoms with Crippen molar-refractivity contribution in [1.82, 2.24) is 4.72 Å². The van der Waals surface area contributed by atoms with Gasteiger partial charge in [0.05, 0.1) is 0 Å². The Morgan fingerprint density at radius 3 is 2.21 bits per heavy atom. The van der Waals surface area contributed by atoms with E-state index < -0.39 is 27.3 Å². The molecule has 0 spiro atoms. The molecular formula is C5H7ClF3NO3S. The van der Waals surface area contributed by atoms with Gasteiger partial charge in [0.25, 0.3) is 0 Å². The number of hydrogen-bond donors (Lipinski definition) is 1. The quantitative estimate of drug-likeness (QED) is 0.587. The monoisotopic (exact) mass is 253 g/mol. The van der Waals surface area contributed by atoms with Crippen molar-refractivity contribution < 1.29 is 26.4 Å². The van der Waals surface area contributed by atoms with Crippen LogP contribution in [0.1, 0.15) is 12.8 Å². The summed E-state index contributed by atoms with van der Waals surface area (Å²) in [5, 5.41) is -0.726. The fraction of sp³-hybridized carbons (Fsp3) is 0.800. The van der Waals surface area contributed by atoms with E-state index in [1.54, 1.807) is 0 Å². The van der Waals surface area contributed by atoms with Crippen molar-refractivity contribution in [2.45, 2.75) is 18.3 Å². The van der Waals surface area contributed by atoms with Gasteiger partial charge in [0, 0.05) is 13.0 Å². The van der Waals surface area contributed by atoms with Crippen LogP contribution in [0.2, 0.25) is 0 Å². The Bertz CT molecular complexity index is 300. The summed E-state index contributed by atoms with van der Waals surface area (Å²) in [5.41, 5.74) is -5.32. The van der Waals surface area contributed by atoms with Crippen LogP contribution in [0.5, 0.6) is 0 Å². The van der Waals surface area contributed by atoms with E-state index >= 15 is 0 Å². The second kappa shape index (κ2) is 4.94. The molecule has 0 heterocycles. The van der Waals surface area contributed by atoms with Crippen molar-refractivity contribution >= 4 is 26.9 Å². The zero-order chi connectivity index (χ0) is 11.4. The maximum Gasteiger partial charge on any atom is 0.511 e. The molecule has 1 N–H and O–H groups in total.